The molecule has 0 aliphatic heterocycles. The molecule has 92 valence electrons. The molecule has 3 nitrogen and oxygen atoms in total. The molecule has 0 heterocycles. The number of benzene rings is 1. The van der Waals surface area contributed by atoms with Crippen molar-refractivity contribution in [3.8, 4) is 0 Å². The summed E-state index contributed by atoms with van der Waals surface area (Å²) >= 11 is 0. The highest BCUT2D eigenvalue weighted by atomic mass is 16.1. The molecule has 0 saturated heterocycles. The van der Waals surface area contributed by atoms with Crippen LogP contribution in [0.15, 0.2) is 24.3 Å². The monoisotopic (exact) mass is 232 g/mol. The maximum atomic E-state index is 12.0. The summed E-state index contributed by atoms with van der Waals surface area (Å²) in [7, 11) is 0. The third kappa shape index (κ3) is 3.07. The van der Waals surface area contributed by atoms with Crippen molar-refractivity contribution in [2.75, 3.05) is 5.32 Å². The Balaban J connectivity index is 2.02. The van der Waals surface area contributed by atoms with E-state index in [1.165, 1.54) is 12.8 Å². The summed E-state index contributed by atoms with van der Waals surface area (Å²) in [5.74, 6) is 0.360. The second kappa shape index (κ2) is 5.32. The quantitative estimate of drug-likeness (QED) is 0.842. The third-order valence-electron chi connectivity index (χ3n) is 3.41. The minimum absolute atomic E-state index is 0.00154. The number of rotatable bonds is 3. The number of nitrogens with two attached hydrogens (primary N) is 1. The van der Waals surface area contributed by atoms with Crippen LogP contribution in [0.1, 0.15) is 44.2 Å². The van der Waals surface area contributed by atoms with Gasteiger partial charge in [-0.15, -0.1) is 0 Å². The number of hydrogen-bond donors (Lipinski definition) is 2. The van der Waals surface area contributed by atoms with Gasteiger partial charge >= 0.3 is 0 Å². The van der Waals surface area contributed by atoms with Gasteiger partial charge in [-0.25, -0.2) is 0 Å². The van der Waals surface area contributed by atoms with Crippen molar-refractivity contribution >= 4 is 11.6 Å². The van der Waals surface area contributed by atoms with Gasteiger partial charge in [0.05, 0.1) is 0 Å². The second-order valence-corrected chi connectivity index (χ2v) is 4.88. The van der Waals surface area contributed by atoms with Gasteiger partial charge in [-0.2, -0.15) is 0 Å². The zero-order chi connectivity index (χ0) is 12.3. The zero-order valence-corrected chi connectivity index (χ0v) is 10.3. The molecule has 2 rings (SSSR count). The van der Waals surface area contributed by atoms with Crippen LogP contribution in [0.3, 0.4) is 0 Å². The summed E-state index contributed by atoms with van der Waals surface area (Å²) in [4.78, 5) is 12.0. The Hall–Kier alpha value is -1.35. The summed E-state index contributed by atoms with van der Waals surface area (Å²) in [5.41, 5.74) is 7.73. The molecule has 17 heavy (non-hydrogen) atoms. The minimum Gasteiger partial charge on any atom is -0.326 e. The summed E-state index contributed by atoms with van der Waals surface area (Å²) in [5, 5.41) is 2.98. The molecule has 1 amide bonds. The van der Waals surface area contributed by atoms with Crippen LogP contribution in [0.4, 0.5) is 5.69 Å². The van der Waals surface area contributed by atoms with Crippen LogP contribution in [-0.2, 0) is 4.79 Å². The Bertz CT molecular complexity index is 395. The average Bonchev–Trinajstić information content (AvgIpc) is 2.82. The van der Waals surface area contributed by atoms with Crippen LogP contribution in [-0.4, -0.2) is 5.91 Å². The largest absolute Gasteiger partial charge is 0.326 e. The maximum absolute atomic E-state index is 12.0. The minimum atomic E-state index is -0.00154. The Morgan fingerprint density at radius 3 is 2.76 bits per heavy atom. The van der Waals surface area contributed by atoms with E-state index in [1.54, 1.807) is 0 Å². The van der Waals surface area contributed by atoms with Crippen LogP contribution in [0.25, 0.3) is 0 Å². The van der Waals surface area contributed by atoms with Gasteiger partial charge in [-0.05, 0) is 37.5 Å². The molecule has 1 unspecified atom stereocenters. The van der Waals surface area contributed by atoms with E-state index in [9.17, 15) is 4.79 Å². The molecule has 0 radical (unpaired) electrons. The summed E-state index contributed by atoms with van der Waals surface area (Å²) < 4.78 is 0. The van der Waals surface area contributed by atoms with Crippen LogP contribution in [0, 0.1) is 5.92 Å². The van der Waals surface area contributed by atoms with Crippen molar-refractivity contribution in [3.63, 3.8) is 0 Å². The molecule has 0 spiro atoms. The molecule has 1 aliphatic rings. The number of amides is 1. The molecule has 3 N–H and O–H groups in total. The topological polar surface area (TPSA) is 55.1 Å². The summed E-state index contributed by atoms with van der Waals surface area (Å²) in [6.45, 7) is 1.94. The lowest BCUT2D eigenvalue weighted by molar-refractivity contribution is -0.119. The average molecular weight is 232 g/mol. The Morgan fingerprint density at radius 1 is 1.41 bits per heavy atom. The SMILES string of the molecule is CC(N)c1cccc(NC(=O)C2CCCC2)c1. The number of nitrogens with one attached hydrogen (secondary N) is 1. The summed E-state index contributed by atoms with van der Waals surface area (Å²) in [6.07, 6.45) is 4.41. The van der Waals surface area contributed by atoms with E-state index in [0.29, 0.717) is 0 Å². The van der Waals surface area contributed by atoms with Gasteiger partial charge in [0, 0.05) is 17.6 Å². The van der Waals surface area contributed by atoms with Gasteiger partial charge in [-0.1, -0.05) is 25.0 Å². The smallest absolute Gasteiger partial charge is 0.227 e. The molecule has 1 saturated carbocycles. The normalized spacial score (nSPS) is 18.0. The molecule has 3 heteroatoms. The molecular formula is C14H20N2O. The first-order chi connectivity index (χ1) is 8.16. The number of anilines is 1. The highest BCUT2D eigenvalue weighted by Crippen LogP contribution is 2.26. The molecule has 0 bridgehead atoms. The van der Waals surface area contributed by atoms with Crippen LogP contribution < -0.4 is 11.1 Å². The predicted molar refractivity (Wildman–Crippen MR) is 69.6 cm³/mol. The lowest BCUT2D eigenvalue weighted by Crippen LogP contribution is -2.20. The first kappa shape index (κ1) is 12.1. The van der Waals surface area contributed by atoms with E-state index in [0.717, 1.165) is 24.1 Å². The number of carbonyl (C=O) groups is 1. The van der Waals surface area contributed by atoms with E-state index in [-0.39, 0.29) is 17.9 Å². The van der Waals surface area contributed by atoms with Gasteiger partial charge in [0.25, 0.3) is 0 Å². The van der Waals surface area contributed by atoms with Crippen molar-refractivity contribution in [1.29, 1.82) is 0 Å². The molecule has 0 aromatic heterocycles. The van der Waals surface area contributed by atoms with E-state index in [2.05, 4.69) is 5.32 Å². The van der Waals surface area contributed by atoms with Gasteiger partial charge in [0.2, 0.25) is 5.91 Å². The maximum Gasteiger partial charge on any atom is 0.227 e. The number of carbonyl (C=O) groups excluding carboxylic acids is 1. The van der Waals surface area contributed by atoms with Gasteiger partial charge in [0.15, 0.2) is 0 Å². The first-order valence-electron chi connectivity index (χ1n) is 6.33. The Labute approximate surface area is 102 Å². The van der Waals surface area contributed by atoms with Gasteiger partial charge in [-0.3, -0.25) is 4.79 Å². The fourth-order valence-corrected chi connectivity index (χ4v) is 2.33. The van der Waals surface area contributed by atoms with Crippen molar-refractivity contribution in [2.24, 2.45) is 11.7 Å². The highest BCUT2D eigenvalue weighted by molar-refractivity contribution is 5.92. The van der Waals surface area contributed by atoms with Crippen molar-refractivity contribution in [1.82, 2.24) is 0 Å². The standard InChI is InChI=1S/C14H20N2O/c1-10(15)12-7-4-8-13(9-12)16-14(17)11-5-2-3-6-11/h4,7-11H,2-3,5-6,15H2,1H3,(H,16,17). The fraction of sp³-hybridized carbons (Fsp3) is 0.500. The van der Waals surface area contributed by atoms with E-state index in [4.69, 9.17) is 5.73 Å². The Morgan fingerprint density at radius 2 is 2.12 bits per heavy atom. The molecular weight excluding hydrogens is 212 g/mol. The molecule has 1 aromatic rings. The molecule has 1 aromatic carbocycles. The first-order valence-corrected chi connectivity index (χ1v) is 6.33. The van der Waals surface area contributed by atoms with Gasteiger partial charge in [0.1, 0.15) is 0 Å². The van der Waals surface area contributed by atoms with Gasteiger partial charge < -0.3 is 11.1 Å². The van der Waals surface area contributed by atoms with Crippen LogP contribution in [0.5, 0.6) is 0 Å². The van der Waals surface area contributed by atoms with Crippen molar-refractivity contribution in [2.45, 2.75) is 38.6 Å². The van der Waals surface area contributed by atoms with E-state index < -0.39 is 0 Å². The number of hydrogen-bond acceptors (Lipinski definition) is 2. The third-order valence-corrected chi connectivity index (χ3v) is 3.41. The molecule has 1 fully saturated rings. The van der Waals surface area contributed by atoms with E-state index >= 15 is 0 Å². The van der Waals surface area contributed by atoms with Crippen molar-refractivity contribution in [3.05, 3.63) is 29.8 Å². The molecule has 1 atom stereocenters. The van der Waals surface area contributed by atoms with Crippen LogP contribution >= 0.6 is 0 Å². The molecule has 1 aliphatic carbocycles. The highest BCUT2D eigenvalue weighted by Gasteiger charge is 2.22. The second-order valence-electron chi connectivity index (χ2n) is 4.88. The summed E-state index contributed by atoms with van der Waals surface area (Å²) in [6, 6.07) is 7.79. The van der Waals surface area contributed by atoms with Crippen LogP contribution in [0.2, 0.25) is 0 Å². The zero-order valence-electron chi connectivity index (χ0n) is 10.3. The predicted octanol–water partition coefficient (Wildman–Crippen LogP) is 2.84. The Kier molecular flexibility index (Phi) is 3.79. The van der Waals surface area contributed by atoms with E-state index in [1.807, 2.05) is 31.2 Å². The van der Waals surface area contributed by atoms with Crippen molar-refractivity contribution < 1.29 is 4.79 Å². The fourth-order valence-electron chi connectivity index (χ4n) is 2.33. The lowest BCUT2D eigenvalue weighted by atomic mass is 10.1. The lowest BCUT2D eigenvalue weighted by Gasteiger charge is -2.12.